The van der Waals surface area contributed by atoms with Crippen LogP contribution in [0.15, 0.2) is 113 Å². The van der Waals surface area contributed by atoms with Crippen LogP contribution in [-0.4, -0.2) is 30.5 Å². The maximum Gasteiger partial charge on any atom is 0.268 e. The Balaban J connectivity index is 1.76. The molecule has 1 aliphatic rings. The van der Waals surface area contributed by atoms with E-state index in [9.17, 15) is 16.8 Å². The van der Waals surface area contributed by atoms with Gasteiger partial charge in [-0.3, -0.25) is 4.31 Å². The molecule has 0 saturated carbocycles. The second kappa shape index (κ2) is 10.2. The monoisotopic (exact) mass is 560 g/mol. The molecule has 0 radical (unpaired) electrons. The number of para-hydroxylation sites is 3. The van der Waals surface area contributed by atoms with Gasteiger partial charge in [0.25, 0.3) is 20.0 Å². The van der Waals surface area contributed by atoms with E-state index in [1.54, 1.807) is 91.0 Å². The highest BCUT2D eigenvalue weighted by atomic mass is 32.2. The molecule has 0 bridgehead atoms. The lowest BCUT2D eigenvalue weighted by Gasteiger charge is -2.39. The Hall–Kier alpha value is -4.08. The quantitative estimate of drug-likeness (QED) is 0.300. The van der Waals surface area contributed by atoms with Crippen LogP contribution in [0.3, 0.4) is 0 Å². The lowest BCUT2D eigenvalue weighted by atomic mass is 10.1. The number of ether oxygens (including phenoxy) is 1. The molecule has 5 rings (SSSR count). The summed E-state index contributed by atoms with van der Waals surface area (Å²) in [4.78, 5) is 0.220. The molecule has 200 valence electrons. The summed E-state index contributed by atoms with van der Waals surface area (Å²) in [5, 5.41) is 0. The largest absolute Gasteiger partial charge is 0.496 e. The highest BCUT2D eigenvalue weighted by molar-refractivity contribution is 7.93. The molecule has 0 atom stereocenters. The first kappa shape index (κ1) is 26.5. The number of fused-ring (bicyclic) bond motifs is 1. The third-order valence-corrected chi connectivity index (χ3v) is 10.1. The van der Waals surface area contributed by atoms with E-state index in [1.807, 2.05) is 26.0 Å². The van der Waals surface area contributed by atoms with Crippen molar-refractivity contribution in [1.82, 2.24) is 0 Å². The van der Waals surface area contributed by atoms with Crippen molar-refractivity contribution in [2.45, 2.75) is 23.6 Å². The average molecular weight is 561 g/mol. The standard InChI is InChI=1S/C30H28N2O5S2/c1-22-12-16-26(17-13-22)38(33,34)31-21-25(20-24-8-4-7-11-30(24)37-3)32(29-10-6-5-9-28(29)31)39(35,36)27-18-14-23(2)15-19-27/h4-20H,21H2,1-3H3/b25-20+. The molecule has 0 spiro atoms. The zero-order valence-corrected chi connectivity index (χ0v) is 23.4. The first-order valence-electron chi connectivity index (χ1n) is 12.3. The highest BCUT2D eigenvalue weighted by Gasteiger charge is 2.40. The molecule has 0 aliphatic carbocycles. The van der Waals surface area contributed by atoms with Crippen molar-refractivity contribution in [2.75, 3.05) is 22.3 Å². The van der Waals surface area contributed by atoms with Crippen molar-refractivity contribution in [3.05, 3.63) is 119 Å². The van der Waals surface area contributed by atoms with Crippen LogP contribution < -0.4 is 13.3 Å². The zero-order valence-electron chi connectivity index (χ0n) is 21.8. The second-order valence-electron chi connectivity index (χ2n) is 9.27. The van der Waals surface area contributed by atoms with Gasteiger partial charge in [-0.05, 0) is 62.4 Å². The minimum Gasteiger partial charge on any atom is -0.496 e. The van der Waals surface area contributed by atoms with E-state index in [1.165, 1.54) is 15.7 Å². The van der Waals surface area contributed by atoms with Crippen molar-refractivity contribution in [3.8, 4) is 5.75 Å². The average Bonchev–Trinajstić information content (AvgIpc) is 2.93. The number of anilines is 2. The SMILES string of the molecule is COc1ccccc1/C=C1\CN(S(=O)(=O)c2ccc(C)cc2)c2ccccc2N1S(=O)(=O)c1ccc(C)cc1. The number of aryl methyl sites for hydroxylation is 2. The Bertz CT molecular complexity index is 1760. The third-order valence-electron chi connectivity index (χ3n) is 6.56. The summed E-state index contributed by atoms with van der Waals surface area (Å²) in [5.74, 6) is 0.532. The first-order chi connectivity index (χ1) is 18.6. The molecule has 0 unspecified atom stereocenters. The van der Waals surface area contributed by atoms with E-state index in [-0.39, 0.29) is 33.4 Å². The van der Waals surface area contributed by atoms with Gasteiger partial charge >= 0.3 is 0 Å². The van der Waals surface area contributed by atoms with Crippen LogP contribution in [0, 0.1) is 13.8 Å². The fourth-order valence-corrected chi connectivity index (χ4v) is 7.49. The van der Waals surface area contributed by atoms with Crippen LogP contribution in [0.4, 0.5) is 11.4 Å². The Morgan fingerprint density at radius 2 is 1.18 bits per heavy atom. The maximum atomic E-state index is 14.2. The summed E-state index contributed by atoms with van der Waals surface area (Å²) in [6.07, 6.45) is 1.66. The smallest absolute Gasteiger partial charge is 0.268 e. The lowest BCUT2D eigenvalue weighted by Crippen LogP contribution is -2.44. The molecule has 9 heteroatoms. The topological polar surface area (TPSA) is 84.0 Å². The van der Waals surface area contributed by atoms with Crippen LogP contribution in [0.5, 0.6) is 5.75 Å². The van der Waals surface area contributed by atoms with Gasteiger partial charge in [-0.1, -0.05) is 65.7 Å². The fraction of sp³-hybridized carbons (Fsp3) is 0.133. The lowest BCUT2D eigenvalue weighted by molar-refractivity contribution is 0.414. The summed E-state index contributed by atoms with van der Waals surface area (Å²) < 4.78 is 64.2. The summed E-state index contributed by atoms with van der Waals surface area (Å²) in [7, 11) is -6.62. The predicted octanol–water partition coefficient (Wildman–Crippen LogP) is 5.76. The van der Waals surface area contributed by atoms with Gasteiger partial charge < -0.3 is 4.74 Å². The molecule has 1 aliphatic heterocycles. The molecule has 0 saturated heterocycles. The number of hydrogen-bond donors (Lipinski definition) is 0. The van der Waals surface area contributed by atoms with Crippen LogP contribution in [0.25, 0.3) is 6.08 Å². The summed E-state index contributed by atoms with van der Waals surface area (Å²) in [5.41, 5.74) is 3.24. The van der Waals surface area contributed by atoms with E-state index in [4.69, 9.17) is 4.74 Å². The molecule has 0 amide bonds. The van der Waals surface area contributed by atoms with Crippen LogP contribution in [-0.2, 0) is 20.0 Å². The van der Waals surface area contributed by atoms with Gasteiger partial charge in [-0.15, -0.1) is 0 Å². The second-order valence-corrected chi connectivity index (χ2v) is 12.9. The Kier molecular flexibility index (Phi) is 6.96. The molecule has 4 aromatic carbocycles. The van der Waals surface area contributed by atoms with E-state index in [0.29, 0.717) is 11.3 Å². The Morgan fingerprint density at radius 3 is 1.77 bits per heavy atom. The minimum absolute atomic E-state index is 0.101. The molecule has 0 N–H and O–H groups in total. The molecule has 1 heterocycles. The summed E-state index contributed by atoms with van der Waals surface area (Å²) >= 11 is 0. The molecule has 0 fully saturated rings. The first-order valence-corrected chi connectivity index (χ1v) is 15.1. The van der Waals surface area contributed by atoms with E-state index >= 15 is 0 Å². The molecule has 39 heavy (non-hydrogen) atoms. The van der Waals surface area contributed by atoms with Gasteiger partial charge in [0.1, 0.15) is 5.75 Å². The van der Waals surface area contributed by atoms with Crippen molar-refractivity contribution in [1.29, 1.82) is 0 Å². The number of rotatable bonds is 6. The molecule has 4 aromatic rings. The fourth-order valence-electron chi connectivity index (χ4n) is 4.52. The van der Waals surface area contributed by atoms with Gasteiger partial charge in [0.2, 0.25) is 0 Å². The molecule has 0 aromatic heterocycles. The van der Waals surface area contributed by atoms with E-state index in [0.717, 1.165) is 11.1 Å². The van der Waals surface area contributed by atoms with E-state index < -0.39 is 20.0 Å². The highest BCUT2D eigenvalue weighted by Crippen LogP contribution is 2.43. The summed E-state index contributed by atoms with van der Waals surface area (Å²) in [6.45, 7) is 3.55. The number of hydrogen-bond acceptors (Lipinski definition) is 5. The van der Waals surface area contributed by atoms with Gasteiger partial charge in [-0.2, -0.15) is 0 Å². The van der Waals surface area contributed by atoms with Gasteiger partial charge in [0.05, 0.1) is 40.5 Å². The van der Waals surface area contributed by atoms with Crippen LogP contribution in [0.1, 0.15) is 16.7 Å². The van der Waals surface area contributed by atoms with Crippen LogP contribution in [0.2, 0.25) is 0 Å². The number of sulfonamides is 2. The normalized spacial score (nSPS) is 14.8. The molecule has 7 nitrogen and oxygen atoms in total. The predicted molar refractivity (Wildman–Crippen MR) is 154 cm³/mol. The molecular weight excluding hydrogens is 532 g/mol. The van der Waals surface area contributed by atoms with E-state index in [2.05, 4.69) is 0 Å². The minimum atomic E-state index is -4.12. The Morgan fingerprint density at radius 1 is 0.667 bits per heavy atom. The van der Waals surface area contributed by atoms with Gasteiger partial charge in [0, 0.05) is 5.56 Å². The van der Waals surface area contributed by atoms with Crippen molar-refractivity contribution >= 4 is 37.5 Å². The number of nitrogens with zero attached hydrogens (tertiary/aromatic N) is 2. The molecular formula is C30H28N2O5S2. The Labute approximate surface area is 229 Å². The number of benzene rings is 4. The number of methoxy groups -OCH3 is 1. The third kappa shape index (κ3) is 4.91. The van der Waals surface area contributed by atoms with Crippen molar-refractivity contribution in [3.63, 3.8) is 0 Å². The van der Waals surface area contributed by atoms with Crippen molar-refractivity contribution < 1.29 is 21.6 Å². The van der Waals surface area contributed by atoms with Gasteiger partial charge in [-0.25, -0.2) is 21.1 Å². The van der Waals surface area contributed by atoms with Crippen LogP contribution >= 0.6 is 0 Å². The van der Waals surface area contributed by atoms with Gasteiger partial charge in [0.15, 0.2) is 0 Å². The summed E-state index contributed by atoms with van der Waals surface area (Å²) in [6, 6.07) is 27.0. The maximum absolute atomic E-state index is 14.2. The zero-order chi connectivity index (χ0) is 27.8. The van der Waals surface area contributed by atoms with Crippen molar-refractivity contribution in [2.24, 2.45) is 0 Å².